The molecule has 2 nitrogen and oxygen atoms in total. The van der Waals surface area contributed by atoms with Crippen LogP contribution in [0.2, 0.25) is 0 Å². The Labute approximate surface area is 88.5 Å². The van der Waals surface area contributed by atoms with Gasteiger partial charge in [0.1, 0.15) is 0 Å². The van der Waals surface area contributed by atoms with Crippen molar-refractivity contribution in [2.45, 2.75) is 16.1 Å². The van der Waals surface area contributed by atoms with Gasteiger partial charge in [-0.25, -0.2) is 0 Å². The van der Waals surface area contributed by atoms with E-state index in [1.807, 2.05) is 18.2 Å². The van der Waals surface area contributed by atoms with Gasteiger partial charge in [0.15, 0.2) is 0 Å². The molecule has 1 aliphatic carbocycles. The van der Waals surface area contributed by atoms with Crippen LogP contribution >= 0.6 is 11.8 Å². The monoisotopic (exact) mass is 209 g/mol. The topological polar surface area (TPSA) is 46.2 Å². The van der Waals surface area contributed by atoms with E-state index < -0.39 is 0 Å². The maximum atomic E-state index is 9.08. The third kappa shape index (κ3) is 1.80. The summed E-state index contributed by atoms with van der Waals surface area (Å²) in [5.74, 6) is 0.387. The Morgan fingerprint density at radius 1 is 1.43 bits per heavy atom. The number of benzene rings is 1. The third-order valence-electron chi connectivity index (χ3n) is 2.81. The van der Waals surface area contributed by atoms with Crippen LogP contribution < -0.4 is 5.73 Å². The molecule has 3 N–H and O–H groups in total. The lowest BCUT2D eigenvalue weighted by molar-refractivity contribution is 0.272. The number of hydrogen-bond donors (Lipinski definition) is 2. The van der Waals surface area contributed by atoms with Gasteiger partial charge in [-0.05, 0) is 24.5 Å². The zero-order valence-corrected chi connectivity index (χ0v) is 8.83. The summed E-state index contributed by atoms with van der Waals surface area (Å²) >= 11 is 1.80. The van der Waals surface area contributed by atoms with Gasteiger partial charge < -0.3 is 10.8 Å². The second-order valence-electron chi connectivity index (χ2n) is 3.77. The van der Waals surface area contributed by atoms with Crippen molar-refractivity contribution in [3.05, 3.63) is 30.3 Å². The summed E-state index contributed by atoms with van der Waals surface area (Å²) in [6.45, 7) is 0.912. The summed E-state index contributed by atoms with van der Waals surface area (Å²) in [7, 11) is 0. The lowest BCUT2D eigenvalue weighted by Gasteiger charge is -2.13. The van der Waals surface area contributed by atoms with Gasteiger partial charge in [-0.3, -0.25) is 0 Å². The highest BCUT2D eigenvalue weighted by Crippen LogP contribution is 2.55. The molecule has 0 spiro atoms. The van der Waals surface area contributed by atoms with E-state index in [0.717, 1.165) is 6.42 Å². The summed E-state index contributed by atoms with van der Waals surface area (Å²) in [4.78, 5) is 1.24. The predicted molar refractivity (Wildman–Crippen MR) is 59.3 cm³/mol. The van der Waals surface area contributed by atoms with Crippen molar-refractivity contribution in [1.29, 1.82) is 0 Å². The van der Waals surface area contributed by atoms with Gasteiger partial charge in [-0.2, -0.15) is 0 Å². The number of aliphatic hydroxyl groups is 1. The van der Waals surface area contributed by atoms with Gasteiger partial charge >= 0.3 is 0 Å². The van der Waals surface area contributed by atoms with Gasteiger partial charge in [-0.1, -0.05) is 18.2 Å². The third-order valence-corrected chi connectivity index (χ3v) is 4.39. The van der Waals surface area contributed by atoms with Crippen molar-refractivity contribution in [2.75, 3.05) is 13.2 Å². The second-order valence-corrected chi connectivity index (χ2v) is 5.26. The highest BCUT2D eigenvalue weighted by molar-refractivity contribution is 8.01. The minimum Gasteiger partial charge on any atom is -0.396 e. The van der Waals surface area contributed by atoms with Crippen LogP contribution in [0.3, 0.4) is 0 Å². The summed E-state index contributed by atoms with van der Waals surface area (Å²) in [6, 6.07) is 10.3. The number of rotatable bonds is 4. The summed E-state index contributed by atoms with van der Waals surface area (Å²) < 4.78 is 0.107. The number of nitrogens with two attached hydrogens (primary N) is 1. The van der Waals surface area contributed by atoms with Crippen LogP contribution in [0.5, 0.6) is 0 Å². The van der Waals surface area contributed by atoms with E-state index in [4.69, 9.17) is 10.8 Å². The molecule has 0 aromatic heterocycles. The highest BCUT2D eigenvalue weighted by atomic mass is 32.2. The van der Waals surface area contributed by atoms with E-state index in [2.05, 4.69) is 12.1 Å². The number of hydrogen-bond acceptors (Lipinski definition) is 3. The largest absolute Gasteiger partial charge is 0.396 e. The smallest absolute Gasteiger partial charge is 0.0473 e. The first kappa shape index (κ1) is 10.0. The van der Waals surface area contributed by atoms with Crippen molar-refractivity contribution in [1.82, 2.24) is 0 Å². The maximum Gasteiger partial charge on any atom is 0.0473 e. The van der Waals surface area contributed by atoms with E-state index in [9.17, 15) is 0 Å². The molecule has 0 amide bonds. The Bertz CT molecular complexity index is 303. The van der Waals surface area contributed by atoms with Gasteiger partial charge in [-0.15, -0.1) is 11.8 Å². The standard InChI is InChI=1S/C11H15NOS/c12-8-11(6-9(11)7-13)14-10-4-2-1-3-5-10/h1-5,9,13H,6-8,12H2. The minimum atomic E-state index is 0.107. The van der Waals surface area contributed by atoms with Crippen molar-refractivity contribution in [3.63, 3.8) is 0 Å². The molecule has 1 aromatic rings. The van der Waals surface area contributed by atoms with Crippen LogP contribution in [0.25, 0.3) is 0 Å². The van der Waals surface area contributed by atoms with Gasteiger partial charge in [0.05, 0.1) is 0 Å². The van der Waals surface area contributed by atoms with E-state index >= 15 is 0 Å². The molecule has 1 aromatic carbocycles. The number of thioether (sulfide) groups is 1. The van der Waals surface area contributed by atoms with Crippen molar-refractivity contribution in [3.8, 4) is 0 Å². The highest BCUT2D eigenvalue weighted by Gasteiger charge is 2.53. The zero-order valence-electron chi connectivity index (χ0n) is 8.02. The predicted octanol–water partition coefficient (Wildman–Crippen LogP) is 1.49. The molecule has 0 heterocycles. The van der Waals surface area contributed by atoms with Gasteiger partial charge in [0.2, 0.25) is 0 Å². The first-order valence-corrected chi connectivity index (χ1v) is 5.67. The molecule has 2 unspecified atom stereocenters. The average molecular weight is 209 g/mol. The zero-order chi connectivity index (χ0) is 10.0. The van der Waals surface area contributed by atoms with E-state index in [1.165, 1.54) is 4.90 Å². The molecule has 1 saturated carbocycles. The van der Waals surface area contributed by atoms with Crippen LogP contribution in [0.15, 0.2) is 35.2 Å². The van der Waals surface area contributed by atoms with E-state index in [1.54, 1.807) is 11.8 Å². The summed E-state index contributed by atoms with van der Waals surface area (Å²) in [6.07, 6.45) is 1.04. The van der Waals surface area contributed by atoms with Crippen LogP contribution in [0.1, 0.15) is 6.42 Å². The first-order valence-electron chi connectivity index (χ1n) is 4.86. The molecular formula is C11H15NOS. The second kappa shape index (κ2) is 3.93. The van der Waals surface area contributed by atoms with Gasteiger partial charge in [0.25, 0.3) is 0 Å². The normalized spacial score (nSPS) is 30.3. The quantitative estimate of drug-likeness (QED) is 0.789. The molecule has 0 aliphatic heterocycles. The summed E-state index contributed by atoms with van der Waals surface area (Å²) in [5, 5.41) is 9.08. The fraction of sp³-hybridized carbons (Fsp3) is 0.455. The van der Waals surface area contributed by atoms with E-state index in [-0.39, 0.29) is 11.4 Å². The molecule has 1 aliphatic rings. The maximum absolute atomic E-state index is 9.08. The van der Waals surface area contributed by atoms with Crippen LogP contribution in [0, 0.1) is 5.92 Å². The van der Waals surface area contributed by atoms with Crippen molar-refractivity contribution < 1.29 is 5.11 Å². The molecule has 3 heteroatoms. The van der Waals surface area contributed by atoms with Crippen LogP contribution in [-0.2, 0) is 0 Å². The van der Waals surface area contributed by atoms with Crippen molar-refractivity contribution >= 4 is 11.8 Å². The number of aliphatic hydroxyl groups excluding tert-OH is 1. The fourth-order valence-electron chi connectivity index (χ4n) is 1.73. The lowest BCUT2D eigenvalue weighted by Crippen LogP contribution is -2.21. The molecule has 0 bridgehead atoms. The van der Waals surface area contributed by atoms with E-state index in [0.29, 0.717) is 12.5 Å². The molecule has 0 saturated heterocycles. The molecule has 0 radical (unpaired) electrons. The van der Waals surface area contributed by atoms with Gasteiger partial charge in [0, 0.05) is 22.8 Å². The molecule has 2 atom stereocenters. The fourth-order valence-corrected chi connectivity index (χ4v) is 3.10. The average Bonchev–Trinajstić information content (AvgIpc) is 2.94. The van der Waals surface area contributed by atoms with Crippen molar-refractivity contribution in [2.24, 2.45) is 11.7 Å². The van der Waals surface area contributed by atoms with Crippen LogP contribution in [-0.4, -0.2) is 23.0 Å². The first-order chi connectivity index (χ1) is 6.80. The molecule has 76 valence electrons. The minimum absolute atomic E-state index is 0.107. The Hall–Kier alpha value is -0.510. The lowest BCUT2D eigenvalue weighted by atomic mass is 10.3. The SMILES string of the molecule is NCC1(Sc2ccccc2)CC1CO. The Balaban J connectivity index is 2.04. The van der Waals surface area contributed by atoms with Crippen LogP contribution in [0.4, 0.5) is 0 Å². The Morgan fingerprint density at radius 2 is 2.14 bits per heavy atom. The summed E-state index contributed by atoms with van der Waals surface area (Å²) in [5.41, 5.74) is 5.75. The Morgan fingerprint density at radius 3 is 2.64 bits per heavy atom. The molecule has 1 fully saturated rings. The molecule has 14 heavy (non-hydrogen) atoms. The molecule has 2 rings (SSSR count). The molecular weight excluding hydrogens is 194 g/mol. The Kier molecular flexibility index (Phi) is 2.81.